The summed E-state index contributed by atoms with van der Waals surface area (Å²) in [5, 5.41) is 0. The van der Waals surface area contributed by atoms with E-state index in [1.807, 2.05) is 0 Å². The fourth-order valence-electron chi connectivity index (χ4n) is 1.85. The van der Waals surface area contributed by atoms with Crippen LogP contribution in [0, 0.1) is 11.6 Å². The first-order valence-corrected chi connectivity index (χ1v) is 5.57. The van der Waals surface area contributed by atoms with Gasteiger partial charge in [0.1, 0.15) is 11.3 Å². The lowest BCUT2D eigenvalue weighted by molar-refractivity contribution is 0.515. The molecule has 0 bridgehead atoms. The van der Waals surface area contributed by atoms with E-state index in [9.17, 15) is 13.6 Å². The average molecular weight is 261 g/mol. The van der Waals surface area contributed by atoms with Crippen molar-refractivity contribution in [2.45, 2.75) is 0 Å². The predicted octanol–water partition coefficient (Wildman–Crippen LogP) is 2.21. The van der Waals surface area contributed by atoms with Crippen molar-refractivity contribution in [1.29, 1.82) is 0 Å². The van der Waals surface area contributed by atoms with Gasteiger partial charge >= 0.3 is 0 Å². The number of pyridine rings is 1. The molecule has 0 unspecified atom stereocenters. The predicted molar refractivity (Wildman–Crippen MR) is 66.7 cm³/mol. The molecule has 0 amide bonds. The zero-order valence-corrected chi connectivity index (χ0v) is 9.95. The number of hydrogen-bond acceptors (Lipinski definition) is 2. The number of halogens is 2. The minimum Gasteiger partial charge on any atom is -0.338 e. The molecular formula is C13H9F2N3O. The summed E-state index contributed by atoms with van der Waals surface area (Å²) in [4.78, 5) is 18.4. The fraction of sp³-hybridized carbons (Fsp3) is 0.0769. The van der Waals surface area contributed by atoms with Crippen molar-refractivity contribution in [3.8, 4) is 11.4 Å². The van der Waals surface area contributed by atoms with Crippen molar-refractivity contribution < 1.29 is 8.78 Å². The third kappa shape index (κ3) is 1.81. The van der Waals surface area contributed by atoms with Crippen LogP contribution in [0.25, 0.3) is 22.4 Å². The maximum atomic E-state index is 13.5. The van der Waals surface area contributed by atoms with Crippen molar-refractivity contribution >= 4 is 11.0 Å². The summed E-state index contributed by atoms with van der Waals surface area (Å²) in [5.41, 5.74) is 0.633. The largest absolute Gasteiger partial charge is 0.338 e. The van der Waals surface area contributed by atoms with Gasteiger partial charge in [-0.15, -0.1) is 0 Å². The van der Waals surface area contributed by atoms with Gasteiger partial charge in [-0.3, -0.25) is 4.79 Å². The van der Waals surface area contributed by atoms with Gasteiger partial charge in [0.2, 0.25) is 0 Å². The first-order valence-electron chi connectivity index (χ1n) is 5.57. The van der Waals surface area contributed by atoms with Gasteiger partial charge in [-0.05, 0) is 18.2 Å². The molecule has 0 aliphatic heterocycles. The van der Waals surface area contributed by atoms with E-state index in [0.717, 1.165) is 6.07 Å². The third-order valence-electron chi connectivity index (χ3n) is 2.92. The molecule has 2 aromatic heterocycles. The molecule has 1 aromatic carbocycles. The molecule has 19 heavy (non-hydrogen) atoms. The van der Waals surface area contributed by atoms with Crippen molar-refractivity contribution in [2.24, 2.45) is 7.05 Å². The van der Waals surface area contributed by atoms with E-state index in [-0.39, 0.29) is 11.1 Å². The van der Waals surface area contributed by atoms with Gasteiger partial charge in [0.25, 0.3) is 5.56 Å². The van der Waals surface area contributed by atoms with Crippen LogP contribution in [0.1, 0.15) is 0 Å². The van der Waals surface area contributed by atoms with E-state index in [0.29, 0.717) is 16.9 Å². The second kappa shape index (κ2) is 4.01. The highest BCUT2D eigenvalue weighted by atomic mass is 19.2. The molecule has 0 saturated carbocycles. The van der Waals surface area contributed by atoms with Crippen LogP contribution < -0.4 is 5.56 Å². The maximum Gasteiger partial charge on any atom is 0.250 e. The summed E-state index contributed by atoms with van der Waals surface area (Å²) < 4.78 is 28.1. The summed E-state index contributed by atoms with van der Waals surface area (Å²) in [7, 11) is 1.62. The molecule has 1 N–H and O–H groups in total. The average Bonchev–Trinajstić information content (AvgIpc) is 2.82. The Balaban J connectivity index is 2.23. The number of aromatic amines is 1. The van der Waals surface area contributed by atoms with Crippen LogP contribution >= 0.6 is 0 Å². The van der Waals surface area contributed by atoms with E-state index >= 15 is 0 Å². The number of imidazole rings is 1. The van der Waals surface area contributed by atoms with Crippen molar-refractivity contribution in [2.75, 3.05) is 0 Å². The number of hydrogen-bond donors (Lipinski definition) is 1. The number of H-pyrrole nitrogens is 1. The summed E-state index contributed by atoms with van der Waals surface area (Å²) in [6.07, 6.45) is 1.59. The van der Waals surface area contributed by atoms with Crippen LogP contribution in [0.5, 0.6) is 0 Å². The molecule has 4 nitrogen and oxygen atoms in total. The van der Waals surface area contributed by atoms with Gasteiger partial charge in [0.05, 0.1) is 5.52 Å². The van der Waals surface area contributed by atoms with Crippen LogP contribution in [0.15, 0.2) is 35.3 Å². The van der Waals surface area contributed by atoms with E-state index < -0.39 is 11.6 Å². The number of nitrogens with one attached hydrogen (secondary N) is 1. The smallest absolute Gasteiger partial charge is 0.250 e. The minimum atomic E-state index is -0.996. The number of aromatic nitrogens is 3. The lowest BCUT2D eigenvalue weighted by Crippen LogP contribution is -2.14. The Hall–Kier alpha value is -2.50. The summed E-state index contributed by atoms with van der Waals surface area (Å²) >= 11 is 0. The Kier molecular flexibility index (Phi) is 2.45. The van der Waals surface area contributed by atoms with Crippen molar-refractivity contribution in [3.05, 3.63) is 52.5 Å². The van der Waals surface area contributed by atoms with Crippen LogP contribution in [0.2, 0.25) is 0 Å². The third-order valence-corrected chi connectivity index (χ3v) is 2.92. The van der Waals surface area contributed by atoms with Gasteiger partial charge in [-0.1, -0.05) is 0 Å². The highest BCUT2D eigenvalue weighted by molar-refractivity contribution is 5.79. The minimum absolute atomic E-state index is 0.0734. The molecule has 3 rings (SSSR count). The first-order chi connectivity index (χ1) is 9.06. The Morgan fingerprint density at radius 3 is 2.79 bits per heavy atom. The second-order valence-corrected chi connectivity index (χ2v) is 4.21. The molecule has 0 radical (unpaired) electrons. The molecule has 2 heterocycles. The molecule has 0 saturated heterocycles. The molecule has 3 aromatic rings. The monoisotopic (exact) mass is 261 g/mol. The first kappa shape index (κ1) is 11.6. The number of benzene rings is 1. The summed E-state index contributed by atoms with van der Waals surface area (Å²) in [6.45, 7) is 0. The molecule has 0 fully saturated rings. The van der Waals surface area contributed by atoms with Gasteiger partial charge in [-0.25, -0.2) is 13.8 Å². The number of rotatable bonds is 1. The van der Waals surface area contributed by atoms with E-state index in [1.165, 1.54) is 16.7 Å². The topological polar surface area (TPSA) is 50.7 Å². The van der Waals surface area contributed by atoms with Gasteiger partial charge in [0.15, 0.2) is 11.6 Å². The van der Waals surface area contributed by atoms with Gasteiger partial charge in [0, 0.05) is 24.9 Å². The Morgan fingerprint density at radius 1 is 1.26 bits per heavy atom. The molecule has 6 heteroatoms. The molecule has 0 atom stereocenters. The Bertz CT molecular complexity index is 836. The van der Waals surface area contributed by atoms with E-state index in [1.54, 1.807) is 19.3 Å². The Labute approximate surface area is 106 Å². The fourth-order valence-corrected chi connectivity index (χ4v) is 1.85. The van der Waals surface area contributed by atoms with Crippen LogP contribution in [-0.2, 0) is 7.05 Å². The lowest BCUT2D eigenvalue weighted by atomic mass is 10.2. The van der Waals surface area contributed by atoms with Crippen molar-refractivity contribution in [3.63, 3.8) is 0 Å². The summed E-state index contributed by atoms with van der Waals surface area (Å²) in [6, 6.07) is 5.49. The number of nitrogens with zero attached hydrogens (tertiary/aromatic N) is 2. The van der Waals surface area contributed by atoms with Crippen LogP contribution in [0.3, 0.4) is 0 Å². The van der Waals surface area contributed by atoms with E-state index in [2.05, 4.69) is 9.97 Å². The normalized spacial score (nSPS) is 11.1. The lowest BCUT2D eigenvalue weighted by Gasteiger charge is -1.98. The standard InChI is InChI=1S/C13H9F2N3O/c1-18-5-4-7(6-10(18)19)13-16-9-3-2-8(14)11(15)12(9)17-13/h2-6H,1H3,(H,16,17). The molecular weight excluding hydrogens is 252 g/mol. The summed E-state index contributed by atoms with van der Waals surface area (Å²) in [5.74, 6) is -1.62. The quantitative estimate of drug-likeness (QED) is 0.730. The highest BCUT2D eigenvalue weighted by Gasteiger charge is 2.13. The zero-order chi connectivity index (χ0) is 13.6. The molecule has 0 aliphatic rings. The maximum absolute atomic E-state index is 13.5. The second-order valence-electron chi connectivity index (χ2n) is 4.21. The SMILES string of the molecule is Cn1ccc(-c2nc3c(F)c(F)ccc3[nH]2)cc1=O. The molecule has 96 valence electrons. The highest BCUT2D eigenvalue weighted by Crippen LogP contribution is 2.22. The number of fused-ring (bicyclic) bond motifs is 1. The van der Waals surface area contributed by atoms with Crippen LogP contribution in [-0.4, -0.2) is 14.5 Å². The van der Waals surface area contributed by atoms with E-state index in [4.69, 9.17) is 0 Å². The van der Waals surface area contributed by atoms with Crippen molar-refractivity contribution in [1.82, 2.24) is 14.5 Å². The Morgan fingerprint density at radius 2 is 2.05 bits per heavy atom. The molecule has 0 aliphatic carbocycles. The number of aryl methyl sites for hydroxylation is 1. The van der Waals surface area contributed by atoms with Gasteiger partial charge in [-0.2, -0.15) is 0 Å². The molecule has 0 spiro atoms. The van der Waals surface area contributed by atoms with Crippen LogP contribution in [0.4, 0.5) is 8.78 Å². The van der Waals surface area contributed by atoms with Gasteiger partial charge < -0.3 is 9.55 Å². The zero-order valence-electron chi connectivity index (χ0n) is 9.95.